The molecule has 0 radical (unpaired) electrons. The van der Waals surface area contributed by atoms with E-state index in [0.29, 0.717) is 6.04 Å². The Hall–Kier alpha value is -0.860. The van der Waals surface area contributed by atoms with Gasteiger partial charge in [0.25, 0.3) is 0 Å². The fourth-order valence-electron chi connectivity index (χ4n) is 2.66. The molecule has 0 saturated carbocycles. The largest absolute Gasteiger partial charge is 0.297 e. The predicted molar refractivity (Wildman–Crippen MR) is 77.6 cm³/mol. The number of likely N-dealkylation sites (tertiary alicyclic amines) is 1. The monoisotopic (exact) mass is 246 g/mol. The van der Waals surface area contributed by atoms with Crippen LogP contribution in [0.4, 0.5) is 0 Å². The predicted octanol–water partition coefficient (Wildman–Crippen LogP) is 2.99. The maximum absolute atomic E-state index is 2.57. The van der Waals surface area contributed by atoms with Crippen LogP contribution in [0.15, 0.2) is 30.3 Å². The van der Waals surface area contributed by atoms with E-state index in [-0.39, 0.29) is 5.54 Å². The summed E-state index contributed by atoms with van der Waals surface area (Å²) in [6, 6.07) is 11.5. The van der Waals surface area contributed by atoms with Gasteiger partial charge in [-0.25, -0.2) is 0 Å². The van der Waals surface area contributed by atoms with Crippen molar-refractivity contribution >= 4 is 0 Å². The molecule has 2 nitrogen and oxygen atoms in total. The lowest BCUT2D eigenvalue weighted by Gasteiger charge is -2.37. The minimum atomic E-state index is 0.271. The lowest BCUT2D eigenvalue weighted by atomic mass is 10.0. The Morgan fingerprint density at radius 3 is 2.50 bits per heavy atom. The molecule has 0 aliphatic carbocycles. The molecule has 0 N–H and O–H groups in total. The van der Waals surface area contributed by atoms with E-state index in [2.05, 4.69) is 68.0 Å². The summed E-state index contributed by atoms with van der Waals surface area (Å²) >= 11 is 0. The van der Waals surface area contributed by atoms with Crippen LogP contribution < -0.4 is 0 Å². The SMILES string of the molecule is CN(C1CCN(Cc2ccccc2)C1)C(C)(C)C. The molecule has 2 heteroatoms. The molecule has 1 aliphatic heterocycles. The Bertz CT molecular complexity index is 366. The van der Waals surface area contributed by atoms with Gasteiger partial charge in [-0.1, -0.05) is 30.3 Å². The molecule has 0 bridgehead atoms. The number of hydrogen-bond acceptors (Lipinski definition) is 2. The quantitative estimate of drug-likeness (QED) is 0.809. The summed E-state index contributed by atoms with van der Waals surface area (Å²) in [5.41, 5.74) is 1.70. The second-order valence-electron chi connectivity index (χ2n) is 6.44. The van der Waals surface area contributed by atoms with Gasteiger partial charge >= 0.3 is 0 Å². The van der Waals surface area contributed by atoms with Gasteiger partial charge < -0.3 is 0 Å². The van der Waals surface area contributed by atoms with Crippen molar-refractivity contribution < 1.29 is 0 Å². The van der Waals surface area contributed by atoms with Crippen molar-refractivity contribution in [2.45, 2.75) is 45.3 Å². The zero-order valence-corrected chi connectivity index (χ0v) is 12.2. The molecule has 1 aliphatic rings. The highest BCUT2D eigenvalue weighted by Crippen LogP contribution is 2.22. The summed E-state index contributed by atoms with van der Waals surface area (Å²) < 4.78 is 0. The molecule has 18 heavy (non-hydrogen) atoms. The first-order chi connectivity index (χ1) is 8.47. The average Bonchev–Trinajstić information content (AvgIpc) is 2.76. The summed E-state index contributed by atoms with van der Waals surface area (Å²) in [6.45, 7) is 10.4. The van der Waals surface area contributed by atoms with Crippen molar-refractivity contribution in [1.82, 2.24) is 9.80 Å². The van der Waals surface area contributed by atoms with Gasteiger partial charge in [0.1, 0.15) is 0 Å². The third-order valence-corrected chi connectivity index (χ3v) is 4.10. The Balaban J connectivity index is 1.89. The van der Waals surface area contributed by atoms with Gasteiger partial charge in [-0.15, -0.1) is 0 Å². The van der Waals surface area contributed by atoms with E-state index < -0.39 is 0 Å². The van der Waals surface area contributed by atoms with Gasteiger partial charge in [-0.05, 0) is 39.8 Å². The van der Waals surface area contributed by atoms with Crippen molar-refractivity contribution in [1.29, 1.82) is 0 Å². The van der Waals surface area contributed by atoms with E-state index in [1.54, 1.807) is 0 Å². The van der Waals surface area contributed by atoms with Crippen molar-refractivity contribution in [3.8, 4) is 0 Å². The molecule has 1 fully saturated rings. The van der Waals surface area contributed by atoms with Crippen LogP contribution in [0, 0.1) is 0 Å². The minimum absolute atomic E-state index is 0.271. The van der Waals surface area contributed by atoms with E-state index in [1.807, 2.05) is 0 Å². The maximum Gasteiger partial charge on any atom is 0.0237 e. The van der Waals surface area contributed by atoms with Crippen LogP contribution in [0.1, 0.15) is 32.8 Å². The smallest absolute Gasteiger partial charge is 0.0237 e. The number of benzene rings is 1. The molecule has 1 aromatic carbocycles. The first kappa shape index (κ1) is 13.6. The molecular weight excluding hydrogens is 220 g/mol. The van der Waals surface area contributed by atoms with Crippen LogP contribution in [0.5, 0.6) is 0 Å². The van der Waals surface area contributed by atoms with E-state index in [9.17, 15) is 0 Å². The zero-order chi connectivity index (χ0) is 13.2. The number of hydrogen-bond donors (Lipinski definition) is 0. The minimum Gasteiger partial charge on any atom is -0.297 e. The Kier molecular flexibility index (Phi) is 4.08. The molecule has 2 rings (SSSR count). The number of likely N-dealkylation sites (N-methyl/N-ethyl adjacent to an activating group) is 1. The van der Waals surface area contributed by atoms with Crippen LogP contribution in [0.2, 0.25) is 0 Å². The van der Waals surface area contributed by atoms with Crippen LogP contribution >= 0.6 is 0 Å². The highest BCUT2D eigenvalue weighted by atomic mass is 15.3. The van der Waals surface area contributed by atoms with Crippen LogP contribution in [-0.2, 0) is 6.54 Å². The summed E-state index contributed by atoms with van der Waals surface area (Å²) in [5, 5.41) is 0. The molecule has 1 atom stereocenters. The lowest BCUT2D eigenvalue weighted by Crippen LogP contribution is -2.46. The molecule has 1 aromatic rings. The van der Waals surface area contributed by atoms with Gasteiger partial charge in [0.15, 0.2) is 0 Å². The molecule has 1 saturated heterocycles. The van der Waals surface area contributed by atoms with Gasteiger partial charge in [-0.3, -0.25) is 9.80 Å². The van der Waals surface area contributed by atoms with Crippen LogP contribution in [0.25, 0.3) is 0 Å². The van der Waals surface area contributed by atoms with Crippen molar-refractivity contribution in [3.63, 3.8) is 0 Å². The van der Waals surface area contributed by atoms with Crippen LogP contribution in [-0.4, -0.2) is 41.5 Å². The zero-order valence-electron chi connectivity index (χ0n) is 12.2. The third-order valence-electron chi connectivity index (χ3n) is 4.10. The van der Waals surface area contributed by atoms with E-state index in [4.69, 9.17) is 0 Å². The normalized spacial score (nSPS) is 21.7. The lowest BCUT2D eigenvalue weighted by molar-refractivity contribution is 0.118. The standard InChI is InChI=1S/C16H26N2/c1-16(2,3)17(4)15-10-11-18(13-15)12-14-8-6-5-7-9-14/h5-9,15H,10-13H2,1-4H3. The van der Waals surface area contributed by atoms with E-state index in [1.165, 1.54) is 25.1 Å². The van der Waals surface area contributed by atoms with Crippen LogP contribution in [0.3, 0.4) is 0 Å². The average molecular weight is 246 g/mol. The van der Waals surface area contributed by atoms with Gasteiger partial charge in [-0.2, -0.15) is 0 Å². The molecule has 100 valence electrons. The molecule has 1 unspecified atom stereocenters. The highest BCUT2D eigenvalue weighted by Gasteiger charge is 2.30. The van der Waals surface area contributed by atoms with Gasteiger partial charge in [0, 0.05) is 31.2 Å². The Labute approximate surface area is 112 Å². The van der Waals surface area contributed by atoms with E-state index in [0.717, 1.165) is 6.54 Å². The van der Waals surface area contributed by atoms with Crippen molar-refractivity contribution in [2.75, 3.05) is 20.1 Å². The van der Waals surface area contributed by atoms with Gasteiger partial charge in [0.05, 0.1) is 0 Å². The fraction of sp³-hybridized carbons (Fsp3) is 0.625. The molecule has 0 aromatic heterocycles. The highest BCUT2D eigenvalue weighted by molar-refractivity contribution is 5.14. The second kappa shape index (κ2) is 5.41. The summed E-state index contributed by atoms with van der Waals surface area (Å²) in [4.78, 5) is 5.10. The van der Waals surface area contributed by atoms with E-state index >= 15 is 0 Å². The maximum atomic E-state index is 2.57. The Morgan fingerprint density at radius 2 is 1.89 bits per heavy atom. The Morgan fingerprint density at radius 1 is 1.22 bits per heavy atom. The topological polar surface area (TPSA) is 6.48 Å². The summed E-state index contributed by atoms with van der Waals surface area (Å²) in [5.74, 6) is 0. The van der Waals surface area contributed by atoms with Gasteiger partial charge in [0.2, 0.25) is 0 Å². The molecule has 0 amide bonds. The van der Waals surface area contributed by atoms with Crippen molar-refractivity contribution in [2.24, 2.45) is 0 Å². The molecular formula is C16H26N2. The summed E-state index contributed by atoms with van der Waals surface area (Å²) in [6.07, 6.45) is 1.29. The first-order valence-electron chi connectivity index (χ1n) is 6.96. The fourth-order valence-corrected chi connectivity index (χ4v) is 2.66. The summed E-state index contributed by atoms with van der Waals surface area (Å²) in [7, 11) is 2.26. The number of rotatable bonds is 3. The number of nitrogens with zero attached hydrogens (tertiary/aromatic N) is 2. The third kappa shape index (κ3) is 3.33. The first-order valence-corrected chi connectivity index (χ1v) is 6.96. The second-order valence-corrected chi connectivity index (χ2v) is 6.44. The van der Waals surface area contributed by atoms with Crippen molar-refractivity contribution in [3.05, 3.63) is 35.9 Å². The molecule has 0 spiro atoms. The molecule has 1 heterocycles.